The van der Waals surface area contributed by atoms with Crippen LogP contribution in [0.5, 0.6) is 0 Å². The van der Waals surface area contributed by atoms with Crippen molar-refractivity contribution in [3.8, 4) is 0 Å². The van der Waals surface area contributed by atoms with Crippen molar-refractivity contribution in [2.75, 3.05) is 13.2 Å². The number of aliphatic hydroxyl groups excluding tert-OH is 1. The van der Waals surface area contributed by atoms with Gasteiger partial charge in [-0.2, -0.15) is 4.31 Å². The van der Waals surface area contributed by atoms with Gasteiger partial charge in [0.1, 0.15) is 0 Å². The molecule has 0 radical (unpaired) electrons. The van der Waals surface area contributed by atoms with Gasteiger partial charge < -0.3 is 5.11 Å². The standard InChI is InChI=1S/C15H22ClNO3S/c1-12-7-8-13(16)11-15(12)21(19,20)17(9-10-18)14-5-3-2-4-6-14/h7-8,11,14,18H,2-6,9-10H2,1H3. The zero-order valence-corrected chi connectivity index (χ0v) is 13.8. The highest BCUT2D eigenvalue weighted by Gasteiger charge is 2.32. The summed E-state index contributed by atoms with van der Waals surface area (Å²) in [5.41, 5.74) is 0.679. The molecule has 0 atom stereocenters. The normalized spacial score (nSPS) is 17.3. The second kappa shape index (κ2) is 7.09. The number of nitrogens with zero attached hydrogens (tertiary/aromatic N) is 1. The fourth-order valence-corrected chi connectivity index (χ4v) is 5.11. The predicted molar refractivity (Wildman–Crippen MR) is 84.0 cm³/mol. The summed E-state index contributed by atoms with van der Waals surface area (Å²) >= 11 is 5.96. The number of aryl methyl sites for hydroxylation is 1. The molecular weight excluding hydrogens is 310 g/mol. The number of rotatable bonds is 5. The maximum Gasteiger partial charge on any atom is 0.243 e. The first-order valence-electron chi connectivity index (χ1n) is 7.35. The smallest absolute Gasteiger partial charge is 0.243 e. The molecule has 0 unspecified atom stereocenters. The molecule has 0 aromatic heterocycles. The van der Waals surface area contributed by atoms with Gasteiger partial charge in [-0.1, -0.05) is 36.9 Å². The highest BCUT2D eigenvalue weighted by molar-refractivity contribution is 7.89. The molecule has 0 amide bonds. The zero-order chi connectivity index (χ0) is 15.5. The zero-order valence-electron chi connectivity index (χ0n) is 12.3. The Balaban J connectivity index is 2.39. The van der Waals surface area contributed by atoms with Crippen molar-refractivity contribution < 1.29 is 13.5 Å². The van der Waals surface area contributed by atoms with Gasteiger partial charge >= 0.3 is 0 Å². The number of hydrogen-bond acceptors (Lipinski definition) is 3. The van der Waals surface area contributed by atoms with Crippen LogP contribution >= 0.6 is 11.6 Å². The molecule has 1 aliphatic carbocycles. The van der Waals surface area contributed by atoms with Crippen LogP contribution in [0.2, 0.25) is 5.02 Å². The van der Waals surface area contributed by atoms with Gasteiger partial charge in [0.2, 0.25) is 10.0 Å². The van der Waals surface area contributed by atoms with Gasteiger partial charge in [0, 0.05) is 17.6 Å². The van der Waals surface area contributed by atoms with E-state index in [0.717, 1.165) is 32.1 Å². The summed E-state index contributed by atoms with van der Waals surface area (Å²) in [7, 11) is -3.63. The third-order valence-electron chi connectivity index (χ3n) is 4.04. The van der Waals surface area contributed by atoms with Gasteiger partial charge in [0.15, 0.2) is 0 Å². The van der Waals surface area contributed by atoms with E-state index in [1.54, 1.807) is 19.1 Å². The van der Waals surface area contributed by atoms with E-state index in [4.69, 9.17) is 11.6 Å². The molecule has 1 aliphatic rings. The van der Waals surface area contributed by atoms with Crippen LogP contribution in [0.3, 0.4) is 0 Å². The minimum atomic E-state index is -3.63. The lowest BCUT2D eigenvalue weighted by atomic mass is 9.95. The molecule has 1 aromatic carbocycles. The van der Waals surface area contributed by atoms with E-state index in [1.165, 1.54) is 10.4 Å². The largest absolute Gasteiger partial charge is 0.395 e. The maximum atomic E-state index is 13.0. The van der Waals surface area contributed by atoms with Crippen LogP contribution in [0.4, 0.5) is 0 Å². The molecule has 118 valence electrons. The van der Waals surface area contributed by atoms with Gasteiger partial charge in [0.25, 0.3) is 0 Å². The first kappa shape index (κ1) is 16.7. The first-order valence-corrected chi connectivity index (χ1v) is 9.17. The molecule has 2 rings (SSSR count). The predicted octanol–water partition coefficient (Wildman–Crippen LogP) is 2.96. The van der Waals surface area contributed by atoms with E-state index in [9.17, 15) is 13.5 Å². The summed E-state index contributed by atoms with van der Waals surface area (Å²) in [4.78, 5) is 0.244. The molecule has 0 saturated heterocycles. The second-order valence-corrected chi connectivity index (χ2v) is 7.84. The number of aliphatic hydroxyl groups is 1. The van der Waals surface area contributed by atoms with Crippen LogP contribution in [0.15, 0.2) is 23.1 Å². The fourth-order valence-electron chi connectivity index (χ4n) is 2.94. The quantitative estimate of drug-likeness (QED) is 0.902. The lowest BCUT2D eigenvalue weighted by molar-refractivity contribution is 0.199. The molecule has 1 fully saturated rings. The molecular formula is C15H22ClNO3S. The molecule has 0 bridgehead atoms. The van der Waals surface area contributed by atoms with E-state index < -0.39 is 10.0 Å². The summed E-state index contributed by atoms with van der Waals surface area (Å²) in [6.07, 6.45) is 4.95. The number of hydrogen-bond donors (Lipinski definition) is 1. The summed E-state index contributed by atoms with van der Waals surface area (Å²) in [5.74, 6) is 0. The Bertz CT molecular complexity index is 583. The van der Waals surface area contributed by atoms with Crippen molar-refractivity contribution in [2.24, 2.45) is 0 Å². The summed E-state index contributed by atoms with van der Waals surface area (Å²) < 4.78 is 27.4. The lowest BCUT2D eigenvalue weighted by Gasteiger charge is -2.33. The SMILES string of the molecule is Cc1ccc(Cl)cc1S(=O)(=O)N(CCO)C1CCCCC1. The number of halogens is 1. The average Bonchev–Trinajstić information content (AvgIpc) is 2.48. The molecule has 1 N–H and O–H groups in total. The van der Waals surface area contributed by atoms with Gasteiger partial charge in [0.05, 0.1) is 11.5 Å². The van der Waals surface area contributed by atoms with Gasteiger partial charge in [-0.05, 0) is 37.5 Å². The van der Waals surface area contributed by atoms with E-state index in [2.05, 4.69) is 0 Å². The molecule has 1 aromatic rings. The third-order valence-corrected chi connectivity index (χ3v) is 6.37. The molecule has 4 nitrogen and oxygen atoms in total. The summed E-state index contributed by atoms with van der Waals surface area (Å²) in [6.45, 7) is 1.73. The van der Waals surface area contributed by atoms with Crippen LogP contribution in [0.1, 0.15) is 37.7 Å². The van der Waals surface area contributed by atoms with E-state index in [0.29, 0.717) is 10.6 Å². The summed E-state index contributed by atoms with van der Waals surface area (Å²) in [6, 6.07) is 4.88. The summed E-state index contributed by atoms with van der Waals surface area (Å²) in [5, 5.41) is 9.68. The van der Waals surface area contributed by atoms with Crippen molar-refractivity contribution >= 4 is 21.6 Å². The van der Waals surface area contributed by atoms with Crippen LogP contribution in [0, 0.1) is 6.92 Å². The minimum absolute atomic E-state index is 0.0192. The van der Waals surface area contributed by atoms with Crippen molar-refractivity contribution in [3.05, 3.63) is 28.8 Å². The van der Waals surface area contributed by atoms with Crippen LogP contribution in [-0.4, -0.2) is 37.0 Å². The van der Waals surface area contributed by atoms with Crippen molar-refractivity contribution in [1.29, 1.82) is 0 Å². The van der Waals surface area contributed by atoms with Gasteiger partial charge in [-0.15, -0.1) is 0 Å². The third kappa shape index (κ3) is 3.77. The molecule has 1 saturated carbocycles. The first-order chi connectivity index (χ1) is 9.96. The Labute approximate surface area is 131 Å². The molecule has 21 heavy (non-hydrogen) atoms. The average molecular weight is 332 g/mol. The van der Waals surface area contributed by atoms with Gasteiger partial charge in [-0.3, -0.25) is 0 Å². The van der Waals surface area contributed by atoms with Crippen LogP contribution in [-0.2, 0) is 10.0 Å². The molecule has 0 heterocycles. The van der Waals surface area contributed by atoms with Crippen LogP contribution < -0.4 is 0 Å². The Hall–Kier alpha value is -0.620. The number of sulfonamides is 1. The van der Waals surface area contributed by atoms with E-state index in [-0.39, 0.29) is 24.1 Å². The van der Waals surface area contributed by atoms with Crippen LogP contribution in [0.25, 0.3) is 0 Å². The van der Waals surface area contributed by atoms with Crippen molar-refractivity contribution in [1.82, 2.24) is 4.31 Å². The van der Waals surface area contributed by atoms with E-state index in [1.807, 2.05) is 0 Å². The maximum absolute atomic E-state index is 13.0. The Kier molecular flexibility index (Phi) is 5.66. The van der Waals surface area contributed by atoms with Crippen molar-refractivity contribution in [3.63, 3.8) is 0 Å². The molecule has 6 heteroatoms. The van der Waals surface area contributed by atoms with Gasteiger partial charge in [-0.25, -0.2) is 8.42 Å². The Morgan fingerprint density at radius 1 is 1.29 bits per heavy atom. The lowest BCUT2D eigenvalue weighted by Crippen LogP contribution is -2.43. The minimum Gasteiger partial charge on any atom is -0.395 e. The Morgan fingerprint density at radius 2 is 1.95 bits per heavy atom. The monoisotopic (exact) mass is 331 g/mol. The molecule has 0 aliphatic heterocycles. The highest BCUT2D eigenvalue weighted by Crippen LogP contribution is 2.30. The number of benzene rings is 1. The fraction of sp³-hybridized carbons (Fsp3) is 0.600. The Morgan fingerprint density at radius 3 is 2.57 bits per heavy atom. The second-order valence-electron chi connectivity index (χ2n) is 5.54. The highest BCUT2D eigenvalue weighted by atomic mass is 35.5. The molecule has 0 spiro atoms. The van der Waals surface area contributed by atoms with E-state index >= 15 is 0 Å². The topological polar surface area (TPSA) is 57.6 Å². The van der Waals surface area contributed by atoms with Crippen molar-refractivity contribution in [2.45, 2.75) is 50.0 Å².